The monoisotopic (exact) mass is 487 g/mol. The van der Waals surface area contributed by atoms with Gasteiger partial charge in [0.05, 0.1) is 23.1 Å². The maximum absolute atomic E-state index is 13.2. The summed E-state index contributed by atoms with van der Waals surface area (Å²) in [6.07, 6.45) is 1.29. The van der Waals surface area contributed by atoms with E-state index in [1.807, 2.05) is 0 Å². The molecule has 6 nitrogen and oxygen atoms in total. The average Bonchev–Trinajstić information content (AvgIpc) is 3.25. The Bertz CT molecular complexity index is 1250. The van der Waals surface area contributed by atoms with Crippen molar-refractivity contribution < 1.29 is 17.6 Å². The molecule has 33 heavy (non-hydrogen) atoms. The van der Waals surface area contributed by atoms with Crippen LogP contribution in [-0.4, -0.2) is 30.5 Å². The largest absolute Gasteiger partial charge is 0.302 e. The van der Waals surface area contributed by atoms with Crippen molar-refractivity contribution >= 4 is 32.2 Å². The third kappa shape index (κ3) is 5.48. The first-order chi connectivity index (χ1) is 15.6. The number of sulfone groups is 1. The van der Waals surface area contributed by atoms with Crippen LogP contribution in [0.1, 0.15) is 41.6 Å². The summed E-state index contributed by atoms with van der Waals surface area (Å²) < 4.78 is 36.4. The maximum atomic E-state index is 13.2. The minimum absolute atomic E-state index is 0.121. The molecule has 0 bridgehead atoms. The van der Waals surface area contributed by atoms with Crippen molar-refractivity contribution in [2.45, 2.75) is 44.3 Å². The number of amides is 1. The quantitative estimate of drug-likeness (QED) is 0.528. The molecule has 3 aromatic rings. The van der Waals surface area contributed by atoms with Gasteiger partial charge in [-0.25, -0.2) is 17.8 Å². The van der Waals surface area contributed by atoms with E-state index < -0.39 is 9.84 Å². The van der Waals surface area contributed by atoms with Gasteiger partial charge in [0.15, 0.2) is 15.0 Å². The summed E-state index contributed by atoms with van der Waals surface area (Å²) in [5.74, 6) is -0.113. The molecule has 0 saturated heterocycles. The summed E-state index contributed by atoms with van der Waals surface area (Å²) in [6, 6.07) is 13.0. The van der Waals surface area contributed by atoms with Crippen LogP contribution in [0.2, 0.25) is 0 Å². The molecule has 0 radical (unpaired) electrons. The van der Waals surface area contributed by atoms with Crippen LogP contribution in [0, 0.1) is 11.7 Å². The van der Waals surface area contributed by atoms with E-state index in [1.165, 1.54) is 35.6 Å². The van der Waals surface area contributed by atoms with Gasteiger partial charge >= 0.3 is 0 Å². The minimum Gasteiger partial charge on any atom is -0.302 e. The Kier molecular flexibility index (Phi) is 6.65. The molecule has 9 heteroatoms. The molecular weight excluding hydrogens is 461 g/mol. The number of hydrogen-bond acceptors (Lipinski definition) is 6. The number of thiazole rings is 1. The fourth-order valence-corrected chi connectivity index (χ4v) is 5.81. The number of carbonyl (C=O) groups excluding carboxylic acids is 1. The molecule has 2 aromatic carbocycles. The number of hydrogen-bond donors (Lipinski definition) is 1. The van der Waals surface area contributed by atoms with E-state index in [-0.39, 0.29) is 29.1 Å². The van der Waals surface area contributed by atoms with Crippen molar-refractivity contribution in [2.24, 2.45) is 5.92 Å². The van der Waals surface area contributed by atoms with E-state index >= 15 is 0 Å². The molecule has 4 rings (SSSR count). The van der Waals surface area contributed by atoms with Gasteiger partial charge in [-0.2, -0.15) is 0 Å². The van der Waals surface area contributed by atoms with E-state index in [4.69, 9.17) is 4.98 Å². The van der Waals surface area contributed by atoms with Gasteiger partial charge in [-0.3, -0.25) is 9.69 Å². The minimum atomic E-state index is -3.26. The molecule has 1 amide bonds. The highest BCUT2D eigenvalue weighted by Gasteiger charge is 2.36. The summed E-state index contributed by atoms with van der Waals surface area (Å²) >= 11 is 1.48. The fourth-order valence-electron chi connectivity index (χ4n) is 4.14. The zero-order valence-corrected chi connectivity index (χ0v) is 20.3. The van der Waals surface area contributed by atoms with Crippen LogP contribution >= 0.6 is 11.3 Å². The van der Waals surface area contributed by atoms with E-state index in [9.17, 15) is 17.6 Å². The van der Waals surface area contributed by atoms with Crippen LogP contribution in [0.4, 0.5) is 9.52 Å². The Hall–Kier alpha value is -2.62. The topological polar surface area (TPSA) is 79.4 Å². The van der Waals surface area contributed by atoms with Crippen molar-refractivity contribution in [1.82, 2.24) is 9.88 Å². The lowest BCUT2D eigenvalue weighted by atomic mass is 10.0. The summed E-state index contributed by atoms with van der Waals surface area (Å²) in [4.78, 5) is 21.0. The van der Waals surface area contributed by atoms with E-state index in [0.717, 1.165) is 34.5 Å². The number of rotatable bonds is 7. The Labute approximate surface area is 197 Å². The molecule has 0 aliphatic carbocycles. The number of benzene rings is 2. The van der Waals surface area contributed by atoms with Gasteiger partial charge in [-0.05, 0) is 41.3 Å². The Morgan fingerprint density at radius 1 is 1.15 bits per heavy atom. The van der Waals surface area contributed by atoms with Crippen molar-refractivity contribution in [3.8, 4) is 0 Å². The zero-order chi connectivity index (χ0) is 23.8. The lowest BCUT2D eigenvalue weighted by molar-refractivity contribution is -0.115. The second kappa shape index (κ2) is 9.32. The molecule has 1 N–H and O–H groups in total. The van der Waals surface area contributed by atoms with Gasteiger partial charge in [0.1, 0.15) is 5.82 Å². The van der Waals surface area contributed by atoms with Crippen LogP contribution in [0.15, 0.2) is 53.4 Å². The zero-order valence-electron chi connectivity index (χ0n) is 18.7. The van der Waals surface area contributed by atoms with Gasteiger partial charge < -0.3 is 5.32 Å². The molecule has 0 unspecified atom stereocenters. The smallest absolute Gasteiger partial charge is 0.230 e. The Morgan fingerprint density at radius 3 is 2.39 bits per heavy atom. The average molecular weight is 488 g/mol. The summed E-state index contributed by atoms with van der Waals surface area (Å²) in [5.41, 5.74) is 2.77. The van der Waals surface area contributed by atoms with Crippen molar-refractivity contribution in [2.75, 3.05) is 11.6 Å². The highest BCUT2D eigenvalue weighted by atomic mass is 32.2. The maximum Gasteiger partial charge on any atom is 0.230 e. The molecule has 1 atom stereocenters. The second-order valence-corrected chi connectivity index (χ2v) is 11.8. The summed E-state index contributed by atoms with van der Waals surface area (Å²) in [7, 11) is -3.26. The van der Waals surface area contributed by atoms with Crippen molar-refractivity contribution in [3.05, 3.63) is 76.0 Å². The SMILES string of the molecule is CC(C)[C@H]1c2nc(NC(=O)Cc3ccc(S(C)(=O)=O)cc3)sc2CN1Cc1ccc(F)cc1. The van der Waals surface area contributed by atoms with Gasteiger partial charge in [0.2, 0.25) is 5.91 Å². The number of nitrogens with one attached hydrogen (secondary N) is 1. The Morgan fingerprint density at radius 2 is 1.79 bits per heavy atom. The first kappa shape index (κ1) is 23.5. The van der Waals surface area contributed by atoms with Crippen molar-refractivity contribution in [1.29, 1.82) is 0 Å². The predicted octanol–water partition coefficient (Wildman–Crippen LogP) is 4.58. The molecular formula is C24H26FN3O3S2. The molecule has 1 aromatic heterocycles. The van der Waals surface area contributed by atoms with E-state index in [0.29, 0.717) is 17.6 Å². The van der Waals surface area contributed by atoms with Crippen LogP contribution < -0.4 is 5.32 Å². The fraction of sp³-hybridized carbons (Fsp3) is 0.333. The van der Waals surface area contributed by atoms with E-state index in [2.05, 4.69) is 24.1 Å². The lowest BCUT2D eigenvalue weighted by Crippen LogP contribution is -2.26. The predicted molar refractivity (Wildman–Crippen MR) is 127 cm³/mol. The third-order valence-corrected chi connectivity index (χ3v) is 7.74. The molecule has 1 aliphatic heterocycles. The highest BCUT2D eigenvalue weighted by molar-refractivity contribution is 7.90. The van der Waals surface area contributed by atoms with E-state index in [1.54, 1.807) is 24.3 Å². The molecule has 1 aliphatic rings. The van der Waals surface area contributed by atoms with Crippen LogP contribution in [0.25, 0.3) is 0 Å². The van der Waals surface area contributed by atoms with Crippen LogP contribution in [-0.2, 0) is 34.1 Å². The van der Waals surface area contributed by atoms with Crippen molar-refractivity contribution in [3.63, 3.8) is 0 Å². The number of aromatic nitrogens is 1. The normalized spacial score (nSPS) is 16.2. The third-order valence-electron chi connectivity index (χ3n) is 5.64. The van der Waals surface area contributed by atoms with Gasteiger partial charge in [-0.15, -0.1) is 11.3 Å². The molecule has 0 fully saturated rings. The number of fused-ring (bicyclic) bond motifs is 1. The van der Waals surface area contributed by atoms with Crippen LogP contribution in [0.3, 0.4) is 0 Å². The molecule has 0 spiro atoms. The first-order valence-electron chi connectivity index (χ1n) is 10.7. The summed E-state index contributed by atoms with van der Waals surface area (Å²) in [6.45, 7) is 5.73. The van der Waals surface area contributed by atoms with Gasteiger partial charge in [0.25, 0.3) is 0 Å². The molecule has 2 heterocycles. The van der Waals surface area contributed by atoms with Crippen LogP contribution in [0.5, 0.6) is 0 Å². The number of carbonyl (C=O) groups is 1. The highest BCUT2D eigenvalue weighted by Crippen LogP contribution is 2.43. The Balaban J connectivity index is 1.42. The molecule has 174 valence electrons. The number of anilines is 1. The number of halogens is 1. The van der Waals surface area contributed by atoms with Gasteiger partial charge in [0, 0.05) is 24.2 Å². The standard InChI is InChI=1S/C24H26FN3O3S2/c1-15(2)23-22-20(14-28(23)13-17-4-8-18(25)9-5-17)32-24(27-22)26-21(29)12-16-6-10-19(11-7-16)33(3,30)31/h4-11,15,23H,12-14H2,1-3H3,(H,26,27,29)/t23-/m0/s1. The first-order valence-corrected chi connectivity index (χ1v) is 13.4. The summed E-state index contributed by atoms with van der Waals surface area (Å²) in [5, 5.41) is 3.46. The lowest BCUT2D eigenvalue weighted by Gasteiger charge is -2.27. The molecule has 0 saturated carbocycles. The second-order valence-electron chi connectivity index (χ2n) is 8.69. The van der Waals surface area contributed by atoms with Gasteiger partial charge in [-0.1, -0.05) is 38.1 Å². The number of nitrogens with zero attached hydrogens (tertiary/aromatic N) is 2.